The first-order chi connectivity index (χ1) is 18.3. The fourth-order valence-corrected chi connectivity index (χ4v) is 5.04. The number of fused-ring (bicyclic) bond motifs is 4. The molecule has 14 heteroatoms. The maximum atomic E-state index is 13.6. The Kier molecular flexibility index (Phi) is 6.14. The third-order valence-electron chi connectivity index (χ3n) is 6.76. The number of carbonyl (C=O) groups excluding carboxylic acids is 1. The van der Waals surface area contributed by atoms with E-state index < -0.39 is 11.7 Å². The van der Waals surface area contributed by atoms with E-state index in [1.165, 1.54) is 7.11 Å². The van der Waals surface area contributed by atoms with E-state index >= 15 is 0 Å². The molecule has 6 rings (SSSR count). The maximum Gasteiger partial charge on any atom is 0.418 e. The number of carbonyl (C=O) groups is 1. The smallest absolute Gasteiger partial charge is 0.418 e. The van der Waals surface area contributed by atoms with Crippen LogP contribution in [-0.2, 0) is 15.7 Å². The van der Waals surface area contributed by atoms with Gasteiger partial charge >= 0.3 is 6.18 Å². The van der Waals surface area contributed by atoms with Crippen molar-refractivity contribution in [2.45, 2.75) is 24.7 Å². The van der Waals surface area contributed by atoms with E-state index in [4.69, 9.17) is 18.9 Å². The molecule has 0 radical (unpaired) electrons. The summed E-state index contributed by atoms with van der Waals surface area (Å²) in [5, 5.41) is 5.74. The molecule has 202 valence electrons. The Bertz CT molecular complexity index is 1380. The van der Waals surface area contributed by atoms with Gasteiger partial charge in [0.05, 0.1) is 47.6 Å². The number of anilines is 3. The van der Waals surface area contributed by atoms with Crippen LogP contribution in [0.5, 0.6) is 11.5 Å². The van der Waals surface area contributed by atoms with E-state index in [0.717, 1.165) is 12.6 Å². The second-order valence-corrected chi connectivity index (χ2v) is 9.18. The van der Waals surface area contributed by atoms with Crippen LogP contribution < -0.4 is 20.1 Å². The van der Waals surface area contributed by atoms with Crippen LogP contribution in [-0.4, -0.2) is 84.5 Å². The highest BCUT2D eigenvalue weighted by molar-refractivity contribution is 6.00. The van der Waals surface area contributed by atoms with Gasteiger partial charge in [-0.25, -0.2) is 0 Å². The van der Waals surface area contributed by atoms with Gasteiger partial charge < -0.3 is 39.5 Å². The first kappa shape index (κ1) is 24.6. The largest absolute Gasteiger partial charge is 0.485 e. The summed E-state index contributed by atoms with van der Waals surface area (Å²) in [6.45, 7) is 2.07. The van der Waals surface area contributed by atoms with Crippen molar-refractivity contribution < 1.29 is 36.9 Å². The highest BCUT2D eigenvalue weighted by Gasteiger charge is 2.43. The summed E-state index contributed by atoms with van der Waals surface area (Å²) in [6, 6.07) is 3.32. The van der Waals surface area contributed by atoms with Gasteiger partial charge in [0.25, 0.3) is 5.91 Å². The summed E-state index contributed by atoms with van der Waals surface area (Å²) in [7, 11) is 1.49. The third-order valence-corrected chi connectivity index (χ3v) is 6.76. The number of amides is 1. The second kappa shape index (κ2) is 9.51. The summed E-state index contributed by atoms with van der Waals surface area (Å²) in [5.41, 5.74) is -0.0987. The Morgan fingerprint density at radius 2 is 2.05 bits per heavy atom. The number of nitrogens with one attached hydrogen (secondary N) is 3. The van der Waals surface area contributed by atoms with Gasteiger partial charge in [-0.3, -0.25) is 4.79 Å². The highest BCUT2D eigenvalue weighted by Crippen LogP contribution is 2.43. The van der Waals surface area contributed by atoms with Crippen molar-refractivity contribution in [2.75, 3.05) is 57.3 Å². The Labute approximate surface area is 214 Å². The average molecular weight is 534 g/mol. The molecule has 3 aliphatic rings. The molecule has 2 bridgehead atoms. The maximum absolute atomic E-state index is 13.6. The van der Waals surface area contributed by atoms with Crippen LogP contribution in [0.4, 0.5) is 30.6 Å². The summed E-state index contributed by atoms with van der Waals surface area (Å²) in [5.74, 6) is 0.462. The van der Waals surface area contributed by atoms with Gasteiger partial charge in [-0.2, -0.15) is 23.1 Å². The lowest BCUT2D eigenvalue weighted by Gasteiger charge is -2.29. The lowest BCUT2D eigenvalue weighted by molar-refractivity contribution is -0.136. The SMILES string of the molecule is COCCNc1nc(Nc2ccc(C(=O)N3C[C@@H]4C[C@H]3CO4)c3c2OCCO3)nc2[nH]cc(C(F)(F)F)c12. The number of aromatic nitrogens is 3. The van der Waals surface area contributed by atoms with E-state index in [-0.39, 0.29) is 67.2 Å². The van der Waals surface area contributed by atoms with Gasteiger partial charge in [-0.1, -0.05) is 0 Å². The number of likely N-dealkylation sites (tertiary alicyclic amines) is 1. The Hall–Kier alpha value is -3.78. The van der Waals surface area contributed by atoms with Crippen LogP contribution >= 0.6 is 0 Å². The first-order valence-electron chi connectivity index (χ1n) is 12.1. The number of benzene rings is 1. The lowest BCUT2D eigenvalue weighted by Crippen LogP contribution is -2.41. The van der Waals surface area contributed by atoms with Crippen molar-refractivity contribution >= 4 is 34.4 Å². The summed E-state index contributed by atoms with van der Waals surface area (Å²) in [4.78, 5) is 26.3. The molecule has 2 aromatic heterocycles. The minimum Gasteiger partial charge on any atom is -0.485 e. The van der Waals surface area contributed by atoms with Gasteiger partial charge in [-0.05, 0) is 18.6 Å². The molecule has 2 atom stereocenters. The summed E-state index contributed by atoms with van der Waals surface area (Å²) >= 11 is 0. The molecule has 1 amide bonds. The molecule has 3 aliphatic heterocycles. The van der Waals surface area contributed by atoms with Crippen LogP contribution in [0.3, 0.4) is 0 Å². The van der Waals surface area contributed by atoms with E-state index in [1.54, 1.807) is 17.0 Å². The fraction of sp³-hybridized carbons (Fsp3) is 0.458. The predicted octanol–water partition coefficient (Wildman–Crippen LogP) is 3.16. The number of hydrogen-bond acceptors (Lipinski definition) is 9. The quantitative estimate of drug-likeness (QED) is 0.392. The van der Waals surface area contributed by atoms with Crippen LogP contribution in [0.1, 0.15) is 22.3 Å². The molecule has 2 saturated heterocycles. The number of hydrogen-bond donors (Lipinski definition) is 3. The van der Waals surface area contributed by atoms with E-state index in [2.05, 4.69) is 25.6 Å². The number of alkyl halides is 3. The number of halogens is 3. The van der Waals surface area contributed by atoms with Gasteiger partial charge in [0.2, 0.25) is 5.95 Å². The Balaban J connectivity index is 1.34. The molecule has 1 aromatic carbocycles. The monoisotopic (exact) mass is 534 g/mol. The second-order valence-electron chi connectivity index (χ2n) is 9.18. The van der Waals surface area contributed by atoms with Crippen molar-refractivity contribution in [2.24, 2.45) is 0 Å². The van der Waals surface area contributed by atoms with Gasteiger partial charge in [0.15, 0.2) is 11.5 Å². The van der Waals surface area contributed by atoms with E-state index in [1.807, 2.05) is 0 Å². The number of ether oxygens (including phenoxy) is 4. The van der Waals surface area contributed by atoms with Gasteiger partial charge in [0, 0.05) is 26.4 Å². The van der Waals surface area contributed by atoms with Gasteiger partial charge in [-0.15, -0.1) is 0 Å². The molecule has 5 heterocycles. The topological polar surface area (TPSA) is 123 Å². The zero-order valence-corrected chi connectivity index (χ0v) is 20.4. The molecular weight excluding hydrogens is 509 g/mol. The first-order valence-corrected chi connectivity index (χ1v) is 12.1. The van der Waals surface area contributed by atoms with Crippen LogP contribution in [0.15, 0.2) is 18.3 Å². The lowest BCUT2D eigenvalue weighted by atomic mass is 10.1. The number of morpholine rings is 1. The van der Waals surface area contributed by atoms with Gasteiger partial charge in [0.1, 0.15) is 24.7 Å². The number of methoxy groups -OCH3 is 1. The van der Waals surface area contributed by atoms with Crippen molar-refractivity contribution in [3.63, 3.8) is 0 Å². The van der Waals surface area contributed by atoms with E-state index in [9.17, 15) is 18.0 Å². The van der Waals surface area contributed by atoms with Crippen LogP contribution in [0.2, 0.25) is 0 Å². The van der Waals surface area contributed by atoms with Crippen molar-refractivity contribution in [3.8, 4) is 11.5 Å². The third kappa shape index (κ3) is 4.32. The molecule has 0 unspecified atom stereocenters. The minimum atomic E-state index is -4.60. The molecule has 38 heavy (non-hydrogen) atoms. The molecule has 0 spiro atoms. The average Bonchev–Trinajstić information content (AvgIpc) is 3.64. The number of H-pyrrole nitrogens is 1. The Morgan fingerprint density at radius 1 is 1.24 bits per heavy atom. The van der Waals surface area contributed by atoms with Crippen molar-refractivity contribution in [1.29, 1.82) is 0 Å². The van der Waals surface area contributed by atoms with Crippen LogP contribution in [0, 0.1) is 0 Å². The number of nitrogens with zero attached hydrogens (tertiary/aromatic N) is 3. The summed E-state index contributed by atoms with van der Waals surface area (Å²) < 4.78 is 63.1. The standard InChI is InChI=1S/C24H25F3N6O5/c1-35-5-4-28-20-17-15(24(25,26)27)9-29-21(17)32-23(31-20)30-16-3-2-14(18-19(16)37-7-6-36-18)22(34)33-10-13-8-12(33)11-38-13/h2-3,9,12-13H,4-8,10-11H2,1H3,(H3,28,29,30,31,32)/t12-,13-/m0/s1. The molecule has 3 N–H and O–H groups in total. The Morgan fingerprint density at radius 3 is 2.76 bits per heavy atom. The predicted molar refractivity (Wildman–Crippen MR) is 129 cm³/mol. The molecule has 0 saturated carbocycles. The fourth-order valence-electron chi connectivity index (χ4n) is 5.04. The van der Waals surface area contributed by atoms with Crippen molar-refractivity contribution in [1.82, 2.24) is 19.9 Å². The molecule has 3 aromatic rings. The molecule has 11 nitrogen and oxygen atoms in total. The zero-order chi connectivity index (χ0) is 26.4. The van der Waals surface area contributed by atoms with Crippen molar-refractivity contribution in [3.05, 3.63) is 29.5 Å². The summed E-state index contributed by atoms with van der Waals surface area (Å²) in [6.07, 6.45) is -2.86. The number of rotatable bonds is 7. The molecular formula is C24H25F3N6O5. The normalized spacial score (nSPS) is 20.3. The minimum absolute atomic E-state index is 0.00104. The highest BCUT2D eigenvalue weighted by atomic mass is 19.4. The zero-order valence-electron chi connectivity index (χ0n) is 20.4. The number of aromatic amines is 1. The molecule has 0 aliphatic carbocycles. The molecule has 2 fully saturated rings. The van der Waals surface area contributed by atoms with E-state index in [0.29, 0.717) is 35.9 Å². The van der Waals surface area contributed by atoms with Crippen LogP contribution in [0.25, 0.3) is 11.0 Å².